The van der Waals surface area contributed by atoms with Crippen molar-refractivity contribution in [3.05, 3.63) is 72.4 Å². The van der Waals surface area contributed by atoms with Crippen molar-refractivity contribution in [2.24, 2.45) is 5.92 Å². The number of rotatable bonds is 4. The number of aromatic nitrogens is 4. The molecule has 5 heterocycles. The molecule has 0 spiro atoms. The molecule has 1 saturated carbocycles. The lowest BCUT2D eigenvalue weighted by atomic mass is 10.00. The summed E-state index contributed by atoms with van der Waals surface area (Å²) in [6.07, 6.45) is 7.30. The Bertz CT molecular complexity index is 2140. The minimum Gasteiger partial charge on any atom is -0.444 e. The molecule has 6 aromatic rings. The number of likely N-dealkylation sites (tertiary alicyclic amines) is 1. The molecule has 2 bridgehead atoms. The number of ether oxygens (including phenoxy) is 1. The molecule has 234 valence electrons. The molecule has 46 heavy (non-hydrogen) atoms. The first-order valence-electron chi connectivity index (χ1n) is 16.5. The molecule has 9 heteroatoms. The second kappa shape index (κ2) is 10.4. The first-order valence-corrected chi connectivity index (χ1v) is 17.3. The first-order chi connectivity index (χ1) is 22.3. The lowest BCUT2D eigenvalue weighted by Crippen LogP contribution is -2.36. The molecule has 3 aliphatic rings. The number of hydrogen-bond acceptors (Lipinski definition) is 6. The molecule has 2 saturated heterocycles. The maximum absolute atomic E-state index is 12.9. The van der Waals surface area contributed by atoms with E-state index in [0.717, 1.165) is 46.8 Å². The average molecular weight is 631 g/mol. The van der Waals surface area contributed by atoms with Crippen LogP contribution in [0.25, 0.3) is 53.6 Å². The number of carbonyl (C=O) groups excluding carboxylic acids is 1. The van der Waals surface area contributed by atoms with Gasteiger partial charge in [-0.05, 0) is 94.2 Å². The molecular formula is C37H38N6O2S. The Labute approximate surface area is 271 Å². The summed E-state index contributed by atoms with van der Waals surface area (Å²) in [5.41, 5.74) is 6.06. The summed E-state index contributed by atoms with van der Waals surface area (Å²) in [7, 11) is 0. The number of amides is 1. The van der Waals surface area contributed by atoms with Gasteiger partial charge >= 0.3 is 6.09 Å². The van der Waals surface area contributed by atoms with Crippen LogP contribution >= 0.6 is 11.3 Å². The summed E-state index contributed by atoms with van der Waals surface area (Å²) in [5.74, 6) is 2.61. The second-order valence-electron chi connectivity index (χ2n) is 14.3. The summed E-state index contributed by atoms with van der Waals surface area (Å²) in [6, 6.07) is 20.9. The second-order valence-corrected chi connectivity index (χ2v) is 15.4. The Morgan fingerprint density at radius 1 is 0.913 bits per heavy atom. The smallest absolute Gasteiger partial charge is 0.410 e. The maximum Gasteiger partial charge on any atom is 0.410 e. The number of piperidine rings is 1. The fraction of sp³-hybridized carbons (Fsp3) is 0.378. The van der Waals surface area contributed by atoms with E-state index < -0.39 is 5.60 Å². The van der Waals surface area contributed by atoms with Crippen molar-refractivity contribution in [1.29, 1.82) is 0 Å². The molecule has 4 unspecified atom stereocenters. The zero-order valence-corrected chi connectivity index (χ0v) is 27.2. The molecule has 8 nitrogen and oxygen atoms in total. The number of imidazole rings is 2. The zero-order valence-electron chi connectivity index (χ0n) is 26.4. The van der Waals surface area contributed by atoms with E-state index in [1.807, 2.05) is 38.3 Å². The highest BCUT2D eigenvalue weighted by Gasteiger charge is 2.41. The normalized spacial score (nSPS) is 23.0. The highest BCUT2D eigenvalue weighted by atomic mass is 32.1. The Morgan fingerprint density at radius 3 is 2.43 bits per heavy atom. The Morgan fingerprint density at radius 2 is 1.67 bits per heavy atom. The molecule has 3 fully saturated rings. The minimum absolute atomic E-state index is 0.0999. The fourth-order valence-corrected chi connectivity index (χ4v) is 9.07. The van der Waals surface area contributed by atoms with Crippen molar-refractivity contribution in [2.45, 2.75) is 76.6 Å². The van der Waals surface area contributed by atoms with Crippen molar-refractivity contribution >= 4 is 48.6 Å². The van der Waals surface area contributed by atoms with Crippen LogP contribution in [0.2, 0.25) is 0 Å². The summed E-state index contributed by atoms with van der Waals surface area (Å²) in [4.78, 5) is 31.5. The van der Waals surface area contributed by atoms with Crippen LogP contribution in [-0.2, 0) is 4.74 Å². The van der Waals surface area contributed by atoms with E-state index >= 15 is 0 Å². The third-order valence-corrected chi connectivity index (χ3v) is 11.2. The van der Waals surface area contributed by atoms with Gasteiger partial charge in [-0.3, -0.25) is 4.90 Å². The van der Waals surface area contributed by atoms with Gasteiger partial charge in [-0.25, -0.2) is 14.8 Å². The van der Waals surface area contributed by atoms with Crippen molar-refractivity contribution in [3.8, 4) is 22.4 Å². The number of nitrogens with one attached hydrogen (secondary N) is 3. The quantitative estimate of drug-likeness (QED) is 0.181. The van der Waals surface area contributed by atoms with E-state index in [9.17, 15) is 4.79 Å². The number of thiophene rings is 1. The largest absolute Gasteiger partial charge is 0.444 e. The average Bonchev–Trinajstić information content (AvgIpc) is 3.88. The molecule has 3 N–H and O–H groups in total. The molecule has 0 radical (unpaired) electrons. The van der Waals surface area contributed by atoms with Crippen LogP contribution in [0, 0.1) is 5.92 Å². The zero-order chi connectivity index (χ0) is 31.2. The van der Waals surface area contributed by atoms with Crippen molar-refractivity contribution in [3.63, 3.8) is 0 Å². The number of hydrogen-bond donors (Lipinski definition) is 3. The molecule has 2 aliphatic heterocycles. The number of benzene rings is 3. The third kappa shape index (κ3) is 4.79. The molecule has 3 aromatic heterocycles. The van der Waals surface area contributed by atoms with Gasteiger partial charge in [0.2, 0.25) is 0 Å². The minimum atomic E-state index is -0.525. The van der Waals surface area contributed by atoms with Crippen LogP contribution in [0.1, 0.15) is 76.6 Å². The van der Waals surface area contributed by atoms with Gasteiger partial charge in [0.15, 0.2) is 0 Å². The molecule has 4 atom stereocenters. The molecular weight excluding hydrogens is 593 g/mol. The van der Waals surface area contributed by atoms with Gasteiger partial charge in [-0.15, -0.1) is 11.3 Å². The molecule has 1 aliphatic carbocycles. The van der Waals surface area contributed by atoms with Crippen LogP contribution in [0.5, 0.6) is 0 Å². The van der Waals surface area contributed by atoms with Crippen molar-refractivity contribution in [1.82, 2.24) is 30.2 Å². The predicted molar refractivity (Wildman–Crippen MR) is 184 cm³/mol. The van der Waals surface area contributed by atoms with Crippen LogP contribution < -0.4 is 5.32 Å². The summed E-state index contributed by atoms with van der Waals surface area (Å²) < 4.78 is 8.17. The van der Waals surface area contributed by atoms with Crippen molar-refractivity contribution in [2.75, 3.05) is 6.54 Å². The van der Waals surface area contributed by atoms with Gasteiger partial charge in [-0.1, -0.05) is 30.3 Å². The number of aromatic amines is 2. The number of nitrogens with zero attached hydrogens (tertiary/aromatic N) is 3. The SMILES string of the molecule is CC(C)(C)OC(=O)N1CCCC1c1ncc(-c2ccc3c(c2)sc2cc(-c4ccc5nc(C6NC7CCC6C7)[nH]c5c4)ccc23)[nH]1. The first kappa shape index (κ1) is 28.0. The van der Waals surface area contributed by atoms with E-state index in [4.69, 9.17) is 14.7 Å². The van der Waals surface area contributed by atoms with Crippen LogP contribution in [0.3, 0.4) is 0 Å². The van der Waals surface area contributed by atoms with E-state index in [1.165, 1.54) is 50.6 Å². The third-order valence-electron chi connectivity index (χ3n) is 10.1. The van der Waals surface area contributed by atoms with Gasteiger partial charge in [0, 0.05) is 38.3 Å². The standard InChI is InChI=1S/C37H38N6O2S/c1-37(2,3)45-36(44)43-14-4-5-30(43)34-38-19-29(42-34)22-8-12-26-25-11-7-21(17-31(25)46-32(26)18-22)20-9-13-27-28(16-20)41-35(40-27)33-23-6-10-24(15-23)39-33/h7-9,11-13,16-19,23-24,30,33,39H,4-6,10,14-15H2,1-3H3,(H,38,42)(H,40,41). The number of fused-ring (bicyclic) bond motifs is 6. The van der Waals surface area contributed by atoms with Gasteiger partial charge in [0.25, 0.3) is 0 Å². The van der Waals surface area contributed by atoms with E-state index in [1.54, 1.807) is 4.90 Å². The molecule has 1 amide bonds. The Hall–Kier alpha value is -4.21. The Kier molecular flexibility index (Phi) is 6.34. The van der Waals surface area contributed by atoms with Crippen LogP contribution in [-0.4, -0.2) is 49.1 Å². The number of carbonyl (C=O) groups is 1. The lowest BCUT2D eigenvalue weighted by Gasteiger charge is -2.27. The van der Waals surface area contributed by atoms with Crippen LogP contribution in [0.15, 0.2) is 60.8 Å². The van der Waals surface area contributed by atoms with Gasteiger partial charge in [0.1, 0.15) is 17.2 Å². The monoisotopic (exact) mass is 630 g/mol. The van der Waals surface area contributed by atoms with E-state index in [0.29, 0.717) is 24.5 Å². The summed E-state index contributed by atoms with van der Waals surface area (Å²) >= 11 is 1.82. The fourth-order valence-electron chi connectivity index (χ4n) is 7.89. The van der Waals surface area contributed by atoms with E-state index in [2.05, 4.69) is 69.9 Å². The van der Waals surface area contributed by atoms with Crippen molar-refractivity contribution < 1.29 is 9.53 Å². The van der Waals surface area contributed by atoms with Gasteiger partial charge in [0.05, 0.1) is 35.0 Å². The summed E-state index contributed by atoms with van der Waals surface area (Å²) in [6.45, 7) is 6.38. The molecule has 9 rings (SSSR count). The highest BCUT2D eigenvalue weighted by Crippen LogP contribution is 2.43. The van der Waals surface area contributed by atoms with Crippen LogP contribution in [0.4, 0.5) is 4.79 Å². The Balaban J connectivity index is 0.982. The maximum atomic E-state index is 12.9. The topological polar surface area (TPSA) is 98.9 Å². The van der Waals surface area contributed by atoms with Gasteiger partial charge in [-0.2, -0.15) is 0 Å². The predicted octanol–water partition coefficient (Wildman–Crippen LogP) is 8.87. The van der Waals surface area contributed by atoms with E-state index in [-0.39, 0.29) is 12.1 Å². The summed E-state index contributed by atoms with van der Waals surface area (Å²) in [5, 5.41) is 6.30. The molecule has 3 aromatic carbocycles. The number of H-pyrrole nitrogens is 2. The highest BCUT2D eigenvalue weighted by molar-refractivity contribution is 7.25. The lowest BCUT2D eigenvalue weighted by molar-refractivity contribution is 0.0218. The van der Waals surface area contributed by atoms with Gasteiger partial charge < -0.3 is 20.0 Å².